The highest BCUT2D eigenvalue weighted by Gasteiger charge is 2.46. The number of hydrogen-bond acceptors (Lipinski definition) is 3. The van der Waals surface area contributed by atoms with Gasteiger partial charge in [0, 0.05) is 23.3 Å². The molecule has 2 atom stereocenters. The molecule has 0 spiro atoms. The average Bonchev–Trinajstić information content (AvgIpc) is 3.15. The van der Waals surface area contributed by atoms with E-state index < -0.39 is 11.4 Å². The fraction of sp³-hybridized carbons (Fsp3) is 0.625. The van der Waals surface area contributed by atoms with Crippen molar-refractivity contribution in [3.8, 4) is 0 Å². The van der Waals surface area contributed by atoms with Crippen LogP contribution in [0.3, 0.4) is 0 Å². The SMILES string of the molecule is CCC(CC)(CNC(=O)C1CC1c1sccc1C)C(=O)O. The van der Waals surface area contributed by atoms with Crippen molar-refractivity contribution in [2.45, 2.75) is 46.0 Å². The molecule has 1 aliphatic rings. The second kappa shape index (κ2) is 6.18. The first-order valence-electron chi connectivity index (χ1n) is 7.50. The van der Waals surface area contributed by atoms with E-state index in [0.717, 1.165) is 6.42 Å². The summed E-state index contributed by atoms with van der Waals surface area (Å²) >= 11 is 1.70. The lowest BCUT2D eigenvalue weighted by Gasteiger charge is -2.26. The molecule has 5 heteroatoms. The highest BCUT2D eigenvalue weighted by atomic mass is 32.1. The number of nitrogens with one attached hydrogen (secondary N) is 1. The van der Waals surface area contributed by atoms with E-state index in [0.29, 0.717) is 18.8 Å². The van der Waals surface area contributed by atoms with E-state index in [9.17, 15) is 14.7 Å². The fourth-order valence-electron chi connectivity index (χ4n) is 2.80. The van der Waals surface area contributed by atoms with Crippen LogP contribution < -0.4 is 5.32 Å². The van der Waals surface area contributed by atoms with Crippen LogP contribution >= 0.6 is 11.3 Å². The lowest BCUT2D eigenvalue weighted by Crippen LogP contribution is -2.43. The topological polar surface area (TPSA) is 66.4 Å². The maximum absolute atomic E-state index is 12.2. The summed E-state index contributed by atoms with van der Waals surface area (Å²) in [5.74, 6) is -0.482. The molecule has 2 unspecified atom stereocenters. The van der Waals surface area contributed by atoms with Gasteiger partial charge in [-0.1, -0.05) is 13.8 Å². The second-order valence-corrected chi connectivity index (χ2v) is 6.87. The molecule has 0 aliphatic heterocycles. The molecule has 116 valence electrons. The quantitative estimate of drug-likeness (QED) is 0.813. The van der Waals surface area contributed by atoms with Gasteiger partial charge in [0.25, 0.3) is 0 Å². The summed E-state index contributed by atoms with van der Waals surface area (Å²) in [4.78, 5) is 24.9. The first-order chi connectivity index (χ1) is 9.95. The Labute approximate surface area is 129 Å². The van der Waals surface area contributed by atoms with Crippen molar-refractivity contribution in [2.75, 3.05) is 6.54 Å². The van der Waals surface area contributed by atoms with Gasteiger partial charge in [-0.3, -0.25) is 9.59 Å². The van der Waals surface area contributed by atoms with Gasteiger partial charge in [0.1, 0.15) is 0 Å². The van der Waals surface area contributed by atoms with E-state index in [1.807, 2.05) is 13.8 Å². The van der Waals surface area contributed by atoms with Crippen molar-refractivity contribution < 1.29 is 14.7 Å². The number of thiophene rings is 1. The molecule has 1 aliphatic carbocycles. The molecule has 2 N–H and O–H groups in total. The van der Waals surface area contributed by atoms with Crippen molar-refractivity contribution in [1.29, 1.82) is 0 Å². The maximum Gasteiger partial charge on any atom is 0.311 e. The Bertz CT molecular complexity index is 533. The molecule has 0 aromatic carbocycles. The minimum Gasteiger partial charge on any atom is -0.481 e. The Morgan fingerprint density at radius 1 is 1.43 bits per heavy atom. The molecule has 1 fully saturated rings. The third-order valence-corrected chi connectivity index (χ3v) is 5.92. The smallest absolute Gasteiger partial charge is 0.311 e. The van der Waals surface area contributed by atoms with Gasteiger partial charge in [-0.15, -0.1) is 11.3 Å². The molecule has 1 aromatic heterocycles. The zero-order chi connectivity index (χ0) is 15.6. The fourth-order valence-corrected chi connectivity index (χ4v) is 3.91. The molecule has 0 radical (unpaired) electrons. The molecule has 21 heavy (non-hydrogen) atoms. The van der Waals surface area contributed by atoms with Gasteiger partial charge >= 0.3 is 5.97 Å². The Kier molecular flexibility index (Phi) is 4.71. The number of aryl methyl sites for hydroxylation is 1. The number of carboxylic acid groups (broad SMARTS) is 1. The number of carboxylic acids is 1. The molecule has 1 amide bonds. The summed E-state index contributed by atoms with van der Waals surface area (Å²) in [6.45, 7) is 6.01. The van der Waals surface area contributed by atoms with E-state index in [-0.39, 0.29) is 18.4 Å². The predicted octanol–water partition coefficient (Wildman–Crippen LogP) is 3.17. The first-order valence-corrected chi connectivity index (χ1v) is 8.38. The van der Waals surface area contributed by atoms with E-state index in [2.05, 4.69) is 23.7 Å². The second-order valence-electron chi connectivity index (χ2n) is 5.93. The van der Waals surface area contributed by atoms with Crippen LogP contribution in [0.1, 0.15) is 49.5 Å². The number of carbonyl (C=O) groups excluding carboxylic acids is 1. The largest absolute Gasteiger partial charge is 0.481 e. The molecular formula is C16H23NO3S. The number of aliphatic carboxylic acids is 1. The van der Waals surface area contributed by atoms with Crippen LogP contribution in [0.15, 0.2) is 11.4 Å². The summed E-state index contributed by atoms with van der Waals surface area (Å²) in [5, 5.41) is 14.3. The van der Waals surface area contributed by atoms with Crippen molar-refractivity contribution in [1.82, 2.24) is 5.32 Å². The van der Waals surface area contributed by atoms with Gasteiger partial charge in [-0.05, 0) is 43.2 Å². The van der Waals surface area contributed by atoms with E-state index in [4.69, 9.17) is 0 Å². The van der Waals surface area contributed by atoms with Crippen molar-refractivity contribution >= 4 is 23.2 Å². The van der Waals surface area contributed by atoms with Gasteiger partial charge in [-0.2, -0.15) is 0 Å². The minimum atomic E-state index is -0.834. The minimum absolute atomic E-state index is 0.000301. The molecule has 1 heterocycles. The van der Waals surface area contributed by atoms with Crippen LogP contribution in [0.25, 0.3) is 0 Å². The van der Waals surface area contributed by atoms with Crippen LogP contribution in [-0.4, -0.2) is 23.5 Å². The van der Waals surface area contributed by atoms with Gasteiger partial charge in [0.15, 0.2) is 0 Å². The van der Waals surface area contributed by atoms with E-state index >= 15 is 0 Å². The standard InChI is InChI=1S/C16H23NO3S/c1-4-16(5-2,15(19)20)9-17-14(18)12-8-11(12)13-10(3)6-7-21-13/h6-7,11-12H,4-5,8-9H2,1-3H3,(H,17,18)(H,19,20). The zero-order valence-electron chi connectivity index (χ0n) is 12.8. The molecule has 2 rings (SSSR count). The summed E-state index contributed by atoms with van der Waals surface area (Å²) < 4.78 is 0. The lowest BCUT2D eigenvalue weighted by molar-refractivity contribution is -0.149. The number of carbonyl (C=O) groups is 2. The van der Waals surface area contributed by atoms with Gasteiger partial charge in [0.2, 0.25) is 5.91 Å². The lowest BCUT2D eigenvalue weighted by atomic mass is 9.82. The van der Waals surface area contributed by atoms with Crippen LogP contribution in [-0.2, 0) is 9.59 Å². The predicted molar refractivity (Wildman–Crippen MR) is 83.6 cm³/mol. The normalized spacial score (nSPS) is 21.1. The molecule has 0 bridgehead atoms. The third-order valence-electron chi connectivity index (χ3n) is 4.77. The van der Waals surface area contributed by atoms with Gasteiger partial charge < -0.3 is 10.4 Å². The van der Waals surface area contributed by atoms with Crippen LogP contribution in [0.4, 0.5) is 0 Å². The van der Waals surface area contributed by atoms with Crippen LogP contribution in [0, 0.1) is 18.3 Å². The van der Waals surface area contributed by atoms with E-state index in [1.165, 1.54) is 10.4 Å². The number of amides is 1. The molecule has 1 aromatic rings. The maximum atomic E-state index is 12.2. The molecule has 1 saturated carbocycles. The van der Waals surface area contributed by atoms with Crippen molar-refractivity contribution in [2.24, 2.45) is 11.3 Å². The Hall–Kier alpha value is -1.36. The third kappa shape index (κ3) is 3.12. The van der Waals surface area contributed by atoms with Crippen LogP contribution in [0.5, 0.6) is 0 Å². The highest BCUT2D eigenvalue weighted by Crippen LogP contribution is 2.50. The first kappa shape index (κ1) is 16.0. The van der Waals surface area contributed by atoms with Crippen molar-refractivity contribution in [3.63, 3.8) is 0 Å². The zero-order valence-corrected chi connectivity index (χ0v) is 13.6. The van der Waals surface area contributed by atoms with E-state index in [1.54, 1.807) is 11.3 Å². The Balaban J connectivity index is 1.92. The molecule has 0 saturated heterocycles. The molecule has 4 nitrogen and oxygen atoms in total. The average molecular weight is 309 g/mol. The summed E-state index contributed by atoms with van der Waals surface area (Å²) in [6.07, 6.45) is 1.93. The van der Waals surface area contributed by atoms with Crippen LogP contribution in [0.2, 0.25) is 0 Å². The van der Waals surface area contributed by atoms with Crippen molar-refractivity contribution in [3.05, 3.63) is 21.9 Å². The summed E-state index contributed by atoms with van der Waals surface area (Å²) in [6, 6.07) is 2.08. The Morgan fingerprint density at radius 3 is 2.57 bits per heavy atom. The summed E-state index contributed by atoms with van der Waals surface area (Å²) in [5.41, 5.74) is 0.418. The monoisotopic (exact) mass is 309 g/mol. The highest BCUT2D eigenvalue weighted by molar-refractivity contribution is 7.10. The number of hydrogen-bond donors (Lipinski definition) is 2. The Morgan fingerprint density at radius 2 is 2.10 bits per heavy atom. The summed E-state index contributed by atoms with van der Waals surface area (Å²) in [7, 11) is 0. The molecular weight excluding hydrogens is 286 g/mol. The number of rotatable bonds is 7. The van der Waals surface area contributed by atoms with Gasteiger partial charge in [-0.25, -0.2) is 0 Å². The van der Waals surface area contributed by atoms with Gasteiger partial charge in [0.05, 0.1) is 5.41 Å².